The Hall–Kier alpha value is -2.08. The number of nitrogens with zero attached hydrogens (tertiary/aromatic N) is 1. The number of aliphatic carboxylic acids is 1. The first-order valence-electron chi connectivity index (χ1n) is 4.93. The van der Waals surface area contributed by atoms with Gasteiger partial charge in [-0.25, -0.2) is 0 Å². The van der Waals surface area contributed by atoms with E-state index in [4.69, 9.17) is 10.4 Å². The zero-order chi connectivity index (χ0) is 12.1. The maximum absolute atomic E-state index is 10.6. The third kappa shape index (κ3) is 2.96. The normalized spacial score (nSPS) is 11.6. The third-order valence-electron chi connectivity index (χ3n) is 2.40. The molecule has 1 aromatic rings. The van der Waals surface area contributed by atoms with Crippen LogP contribution in [0, 0.1) is 18.3 Å². The van der Waals surface area contributed by atoms with Gasteiger partial charge in [-0.2, -0.15) is 5.26 Å². The Balaban J connectivity index is 3.10. The quantitative estimate of drug-likeness (QED) is 0.788. The Bertz CT molecular complexity index is 464. The highest BCUT2D eigenvalue weighted by Gasteiger charge is 2.08. The zero-order valence-electron chi connectivity index (χ0n) is 9.32. The lowest BCUT2D eigenvalue weighted by atomic mass is 9.99. The summed E-state index contributed by atoms with van der Waals surface area (Å²) in [5.74, 6) is -0.983. The van der Waals surface area contributed by atoms with Crippen LogP contribution < -0.4 is 0 Å². The van der Waals surface area contributed by atoms with Crippen LogP contribution in [0.5, 0.6) is 0 Å². The average molecular weight is 215 g/mol. The Morgan fingerprint density at radius 2 is 1.94 bits per heavy atom. The fourth-order valence-corrected chi connectivity index (χ4v) is 1.38. The number of carboxylic acid groups (broad SMARTS) is 1. The molecule has 0 bridgehead atoms. The molecule has 0 amide bonds. The fraction of sp³-hybridized carbons (Fsp3) is 0.231. The van der Waals surface area contributed by atoms with Gasteiger partial charge in [0.05, 0.1) is 12.5 Å². The van der Waals surface area contributed by atoms with E-state index in [0.717, 1.165) is 16.7 Å². The Labute approximate surface area is 94.6 Å². The molecule has 1 N–H and O–H groups in total. The molecule has 0 fully saturated rings. The summed E-state index contributed by atoms with van der Waals surface area (Å²) >= 11 is 0. The molecular weight excluding hydrogens is 202 g/mol. The summed E-state index contributed by atoms with van der Waals surface area (Å²) in [5, 5.41) is 17.6. The van der Waals surface area contributed by atoms with E-state index < -0.39 is 5.97 Å². The van der Waals surface area contributed by atoms with E-state index in [-0.39, 0.29) is 6.42 Å². The number of aryl methyl sites for hydroxylation is 1. The van der Waals surface area contributed by atoms with Crippen molar-refractivity contribution in [1.82, 2.24) is 0 Å². The van der Waals surface area contributed by atoms with Gasteiger partial charge in [-0.1, -0.05) is 29.8 Å². The van der Waals surface area contributed by atoms with Gasteiger partial charge in [0.1, 0.15) is 0 Å². The summed E-state index contributed by atoms with van der Waals surface area (Å²) in [6.45, 7) is 3.75. The van der Waals surface area contributed by atoms with Crippen molar-refractivity contribution in [2.45, 2.75) is 20.3 Å². The van der Waals surface area contributed by atoms with Crippen LogP contribution in [0.2, 0.25) is 0 Å². The van der Waals surface area contributed by atoms with E-state index in [0.29, 0.717) is 5.57 Å². The lowest BCUT2D eigenvalue weighted by molar-refractivity contribution is -0.136. The summed E-state index contributed by atoms with van der Waals surface area (Å²) in [6.07, 6.45) is -0.226. The first-order chi connectivity index (χ1) is 7.54. The van der Waals surface area contributed by atoms with E-state index in [1.54, 1.807) is 6.92 Å². The molecule has 0 aromatic heterocycles. The minimum absolute atomic E-state index is 0.226. The van der Waals surface area contributed by atoms with Gasteiger partial charge in [0.2, 0.25) is 0 Å². The molecule has 16 heavy (non-hydrogen) atoms. The van der Waals surface area contributed by atoms with Crippen molar-refractivity contribution >= 4 is 11.5 Å². The summed E-state index contributed by atoms with van der Waals surface area (Å²) < 4.78 is 0. The molecule has 1 aromatic carbocycles. The van der Waals surface area contributed by atoms with Gasteiger partial charge in [0.25, 0.3) is 0 Å². The molecule has 3 nitrogen and oxygen atoms in total. The molecular formula is C13H13NO2. The molecule has 1 rings (SSSR count). The number of rotatable bonds is 3. The molecule has 3 heteroatoms. The van der Waals surface area contributed by atoms with Gasteiger partial charge >= 0.3 is 5.97 Å². The number of carboxylic acids is 1. The minimum Gasteiger partial charge on any atom is -0.481 e. The van der Waals surface area contributed by atoms with Crippen molar-refractivity contribution in [3.63, 3.8) is 0 Å². The van der Waals surface area contributed by atoms with Crippen LogP contribution in [0.4, 0.5) is 0 Å². The van der Waals surface area contributed by atoms with Gasteiger partial charge in [-0.05, 0) is 25.0 Å². The molecule has 82 valence electrons. The van der Waals surface area contributed by atoms with E-state index in [1.807, 2.05) is 37.3 Å². The second-order valence-corrected chi connectivity index (χ2v) is 3.65. The monoisotopic (exact) mass is 215 g/mol. The Kier molecular flexibility index (Phi) is 3.84. The van der Waals surface area contributed by atoms with Gasteiger partial charge in [0.15, 0.2) is 0 Å². The maximum atomic E-state index is 10.6. The van der Waals surface area contributed by atoms with Crippen LogP contribution in [0.25, 0.3) is 5.57 Å². The zero-order valence-corrected chi connectivity index (χ0v) is 9.32. The van der Waals surface area contributed by atoms with E-state index in [1.165, 1.54) is 0 Å². The highest BCUT2D eigenvalue weighted by molar-refractivity contribution is 5.79. The number of benzene rings is 1. The first kappa shape index (κ1) is 12.0. The van der Waals surface area contributed by atoms with E-state index in [9.17, 15) is 4.79 Å². The second-order valence-electron chi connectivity index (χ2n) is 3.65. The highest BCUT2D eigenvalue weighted by atomic mass is 16.4. The third-order valence-corrected chi connectivity index (χ3v) is 2.40. The predicted molar refractivity (Wildman–Crippen MR) is 61.6 cm³/mol. The largest absolute Gasteiger partial charge is 0.481 e. The molecule has 0 radical (unpaired) electrons. The average Bonchev–Trinajstić information content (AvgIpc) is 2.25. The SMILES string of the molecule is CC(=C(C#N)CC(=O)O)c1ccc(C)cc1. The molecule has 0 aliphatic carbocycles. The Morgan fingerprint density at radius 3 is 2.38 bits per heavy atom. The van der Waals surface area contributed by atoms with Gasteiger partial charge in [0, 0.05) is 5.57 Å². The molecule has 0 atom stereocenters. The van der Waals surface area contributed by atoms with Crippen LogP contribution in [-0.2, 0) is 4.79 Å². The lowest BCUT2D eigenvalue weighted by Crippen LogP contribution is -1.98. The van der Waals surface area contributed by atoms with Crippen LogP contribution in [0.15, 0.2) is 29.8 Å². The van der Waals surface area contributed by atoms with Gasteiger partial charge in [-0.3, -0.25) is 4.79 Å². The molecule has 0 spiro atoms. The summed E-state index contributed by atoms with van der Waals surface area (Å²) in [5.41, 5.74) is 3.05. The van der Waals surface area contributed by atoms with Crippen molar-refractivity contribution in [3.05, 3.63) is 41.0 Å². The molecule has 0 unspecified atom stereocenters. The number of allylic oxidation sites excluding steroid dienone is 1. The predicted octanol–water partition coefficient (Wildman–Crippen LogP) is 2.77. The molecule has 0 saturated heterocycles. The smallest absolute Gasteiger partial charge is 0.308 e. The molecule has 0 aliphatic heterocycles. The Morgan fingerprint density at radius 1 is 1.38 bits per heavy atom. The van der Waals surface area contributed by atoms with Crippen LogP contribution in [0.3, 0.4) is 0 Å². The highest BCUT2D eigenvalue weighted by Crippen LogP contribution is 2.20. The number of hydrogen-bond donors (Lipinski definition) is 1. The molecule has 0 heterocycles. The number of hydrogen-bond acceptors (Lipinski definition) is 2. The van der Waals surface area contributed by atoms with Crippen molar-refractivity contribution in [2.75, 3.05) is 0 Å². The summed E-state index contributed by atoms with van der Waals surface area (Å²) in [7, 11) is 0. The second kappa shape index (κ2) is 5.13. The van der Waals surface area contributed by atoms with Gasteiger partial charge in [-0.15, -0.1) is 0 Å². The van der Waals surface area contributed by atoms with Crippen molar-refractivity contribution in [1.29, 1.82) is 5.26 Å². The minimum atomic E-state index is -0.983. The fourth-order valence-electron chi connectivity index (χ4n) is 1.38. The number of nitriles is 1. The molecule has 0 saturated carbocycles. The van der Waals surface area contributed by atoms with Crippen LogP contribution in [-0.4, -0.2) is 11.1 Å². The van der Waals surface area contributed by atoms with Crippen LogP contribution >= 0.6 is 0 Å². The van der Waals surface area contributed by atoms with Crippen molar-refractivity contribution in [2.24, 2.45) is 0 Å². The van der Waals surface area contributed by atoms with Crippen molar-refractivity contribution < 1.29 is 9.90 Å². The summed E-state index contributed by atoms with van der Waals surface area (Å²) in [4.78, 5) is 10.6. The maximum Gasteiger partial charge on any atom is 0.308 e. The first-order valence-corrected chi connectivity index (χ1v) is 4.93. The van der Waals surface area contributed by atoms with E-state index >= 15 is 0 Å². The molecule has 0 aliphatic rings. The standard InChI is InChI=1S/C13H13NO2/c1-9-3-5-11(6-4-9)10(2)12(8-14)7-13(15)16/h3-6H,7H2,1-2H3,(H,15,16). The van der Waals surface area contributed by atoms with Crippen LogP contribution in [0.1, 0.15) is 24.5 Å². The topological polar surface area (TPSA) is 61.1 Å². The van der Waals surface area contributed by atoms with Gasteiger partial charge < -0.3 is 5.11 Å². The lowest BCUT2D eigenvalue weighted by Gasteiger charge is -2.04. The van der Waals surface area contributed by atoms with E-state index in [2.05, 4.69) is 0 Å². The number of carbonyl (C=O) groups is 1. The van der Waals surface area contributed by atoms with Crippen molar-refractivity contribution in [3.8, 4) is 6.07 Å². The summed E-state index contributed by atoms with van der Waals surface area (Å²) in [6, 6.07) is 9.61.